The Morgan fingerprint density at radius 2 is 2.00 bits per heavy atom. The lowest BCUT2D eigenvalue weighted by atomic mass is 9.71. The Hall–Kier alpha value is -2.29. The fraction of sp³-hybridized carbons (Fsp3) is 0.409. The van der Waals surface area contributed by atoms with Crippen LogP contribution in [0.25, 0.3) is 10.9 Å². The number of nitrogens with zero attached hydrogens (tertiary/aromatic N) is 2. The van der Waals surface area contributed by atoms with Crippen molar-refractivity contribution >= 4 is 17.2 Å². The van der Waals surface area contributed by atoms with Crippen LogP contribution in [0.4, 0.5) is 0 Å². The summed E-state index contributed by atoms with van der Waals surface area (Å²) in [7, 11) is 0. The van der Waals surface area contributed by atoms with Gasteiger partial charge in [0.15, 0.2) is 0 Å². The number of benzene rings is 1. The minimum Gasteiger partial charge on any atom is -0.351 e. The number of para-hydroxylation sites is 1. The van der Waals surface area contributed by atoms with E-state index in [4.69, 9.17) is 0 Å². The van der Waals surface area contributed by atoms with Gasteiger partial charge in [0.05, 0.1) is 0 Å². The largest absolute Gasteiger partial charge is 0.351 e. The monoisotopic (exact) mass is 334 g/mol. The highest BCUT2D eigenvalue weighted by Gasteiger charge is 2.38. The molecule has 2 aromatic heterocycles. The van der Waals surface area contributed by atoms with Crippen molar-refractivity contribution in [3.8, 4) is 0 Å². The van der Waals surface area contributed by atoms with Gasteiger partial charge in [0.1, 0.15) is 6.29 Å². The lowest BCUT2D eigenvalue weighted by Crippen LogP contribution is -2.33. The summed E-state index contributed by atoms with van der Waals surface area (Å²) in [4.78, 5) is 12.2. The summed E-state index contributed by atoms with van der Waals surface area (Å²) >= 11 is 0. The quantitative estimate of drug-likeness (QED) is 0.642. The number of hydrogen-bond acceptors (Lipinski definition) is 1. The normalized spacial score (nSPS) is 22.9. The number of carbonyl (C=O) groups is 1. The van der Waals surface area contributed by atoms with Crippen molar-refractivity contribution in [3.63, 3.8) is 0 Å². The Bertz CT molecular complexity index is 917. The molecule has 1 aliphatic rings. The second-order valence-electron chi connectivity index (χ2n) is 7.43. The molecule has 1 aromatic carbocycles. The molecule has 0 amide bonds. The molecule has 0 bridgehead atoms. The Morgan fingerprint density at radius 3 is 2.68 bits per heavy atom. The van der Waals surface area contributed by atoms with Crippen LogP contribution in [0.15, 0.2) is 42.6 Å². The van der Waals surface area contributed by atoms with Crippen LogP contribution in [0, 0.1) is 18.8 Å². The summed E-state index contributed by atoms with van der Waals surface area (Å²) in [6.07, 6.45) is 4.38. The van der Waals surface area contributed by atoms with Gasteiger partial charge in [0, 0.05) is 47.5 Å². The number of rotatable bonds is 4. The van der Waals surface area contributed by atoms with Crippen LogP contribution in [-0.2, 0) is 24.3 Å². The minimum atomic E-state index is -0.0294. The zero-order valence-corrected chi connectivity index (χ0v) is 15.3. The highest BCUT2D eigenvalue weighted by molar-refractivity contribution is 5.89. The number of fused-ring (bicyclic) bond motifs is 3. The fourth-order valence-electron chi connectivity index (χ4n) is 4.75. The smallest absolute Gasteiger partial charge is 0.127 e. The van der Waals surface area contributed by atoms with Crippen molar-refractivity contribution < 1.29 is 4.79 Å². The average molecular weight is 334 g/mol. The maximum atomic E-state index is 12.2. The van der Waals surface area contributed by atoms with Gasteiger partial charge in [-0.1, -0.05) is 25.1 Å². The Kier molecular flexibility index (Phi) is 4.03. The molecule has 4 rings (SSSR count). The van der Waals surface area contributed by atoms with E-state index in [1.54, 1.807) is 0 Å². The molecule has 25 heavy (non-hydrogen) atoms. The highest BCUT2D eigenvalue weighted by atomic mass is 16.1. The van der Waals surface area contributed by atoms with Gasteiger partial charge in [-0.15, -0.1) is 0 Å². The summed E-state index contributed by atoms with van der Waals surface area (Å²) in [5.74, 6) is 0.796. The van der Waals surface area contributed by atoms with Gasteiger partial charge in [-0.05, 0) is 55.9 Å². The van der Waals surface area contributed by atoms with Crippen molar-refractivity contribution in [3.05, 3.63) is 59.5 Å². The maximum Gasteiger partial charge on any atom is 0.127 e. The molecule has 3 heteroatoms. The summed E-state index contributed by atoms with van der Waals surface area (Å²) in [5.41, 5.74) is 5.18. The van der Waals surface area contributed by atoms with Gasteiger partial charge < -0.3 is 13.9 Å². The topological polar surface area (TPSA) is 26.9 Å². The Labute approximate surface area is 149 Å². The van der Waals surface area contributed by atoms with Crippen LogP contribution < -0.4 is 0 Å². The van der Waals surface area contributed by atoms with Gasteiger partial charge in [-0.2, -0.15) is 0 Å². The lowest BCUT2D eigenvalue weighted by molar-refractivity contribution is -0.110. The molecule has 130 valence electrons. The van der Waals surface area contributed by atoms with E-state index in [2.05, 4.69) is 72.5 Å². The van der Waals surface area contributed by atoms with Crippen molar-refractivity contribution in [1.82, 2.24) is 9.13 Å². The minimum absolute atomic E-state index is 0.0294. The summed E-state index contributed by atoms with van der Waals surface area (Å²) in [6, 6.07) is 12.8. The zero-order valence-electron chi connectivity index (χ0n) is 15.3. The number of hydrogen-bond donors (Lipinski definition) is 0. The van der Waals surface area contributed by atoms with Crippen molar-refractivity contribution in [1.29, 1.82) is 0 Å². The predicted octanol–water partition coefficient (Wildman–Crippen LogP) is 4.56. The first-order valence-electron chi connectivity index (χ1n) is 9.32. The molecule has 0 fully saturated rings. The number of carbonyl (C=O) groups excluding carboxylic acids is 1. The van der Waals surface area contributed by atoms with Gasteiger partial charge in [0.25, 0.3) is 0 Å². The van der Waals surface area contributed by atoms with E-state index in [9.17, 15) is 4.79 Å². The van der Waals surface area contributed by atoms with Crippen molar-refractivity contribution in [2.24, 2.45) is 11.8 Å². The molecule has 1 aliphatic carbocycles. The van der Waals surface area contributed by atoms with Gasteiger partial charge >= 0.3 is 0 Å². The molecule has 0 N–H and O–H groups in total. The third kappa shape index (κ3) is 2.45. The van der Waals surface area contributed by atoms with Crippen LogP contribution in [0.1, 0.15) is 36.7 Å². The molecule has 0 radical (unpaired) electrons. The molecule has 0 spiro atoms. The molecule has 0 aliphatic heterocycles. The third-order valence-corrected chi connectivity index (χ3v) is 6.09. The van der Waals surface area contributed by atoms with Crippen LogP contribution in [-0.4, -0.2) is 15.4 Å². The molecule has 3 unspecified atom stereocenters. The summed E-state index contributed by atoms with van der Waals surface area (Å²) in [6.45, 7) is 8.50. The zero-order chi connectivity index (χ0) is 17.6. The van der Waals surface area contributed by atoms with Gasteiger partial charge in [-0.3, -0.25) is 0 Å². The molecular formula is C22H26N2O. The first kappa shape index (κ1) is 16.2. The maximum absolute atomic E-state index is 12.2. The fourth-order valence-corrected chi connectivity index (χ4v) is 4.75. The van der Waals surface area contributed by atoms with Gasteiger partial charge in [-0.25, -0.2) is 0 Å². The molecular weight excluding hydrogens is 308 g/mol. The van der Waals surface area contributed by atoms with E-state index in [1.807, 2.05) is 0 Å². The van der Waals surface area contributed by atoms with E-state index in [1.165, 1.54) is 34.1 Å². The number of aldehydes is 1. The molecule has 3 atom stereocenters. The molecule has 3 aromatic rings. The number of aryl methyl sites for hydroxylation is 2. The van der Waals surface area contributed by atoms with Crippen LogP contribution in [0.3, 0.4) is 0 Å². The van der Waals surface area contributed by atoms with E-state index in [0.29, 0.717) is 11.8 Å². The van der Waals surface area contributed by atoms with E-state index < -0.39 is 0 Å². The SMILES string of the molecule is CCn1c2c(c3ccccc31)C(C=O)C(Cn1cccc1C)C(C)C2. The highest BCUT2D eigenvalue weighted by Crippen LogP contribution is 2.44. The van der Waals surface area contributed by atoms with Gasteiger partial charge in [0.2, 0.25) is 0 Å². The summed E-state index contributed by atoms with van der Waals surface area (Å²) in [5, 5.41) is 1.26. The lowest BCUT2D eigenvalue weighted by Gasteiger charge is -2.35. The molecule has 2 heterocycles. The summed E-state index contributed by atoms with van der Waals surface area (Å²) < 4.78 is 4.70. The molecule has 3 nitrogen and oxygen atoms in total. The molecule has 0 saturated carbocycles. The molecule has 0 saturated heterocycles. The van der Waals surface area contributed by atoms with E-state index >= 15 is 0 Å². The first-order valence-corrected chi connectivity index (χ1v) is 9.32. The second-order valence-corrected chi connectivity index (χ2v) is 7.43. The average Bonchev–Trinajstić information content (AvgIpc) is 3.16. The standard InChI is InChI=1S/C22H26N2O/c1-4-24-20-10-6-5-9-17(20)22-19(14-25)18(15(2)12-21(22)24)13-23-11-7-8-16(23)3/h5-11,14-15,18-19H,4,12-13H2,1-3H3. The second kappa shape index (κ2) is 6.21. The van der Waals surface area contributed by atoms with Crippen molar-refractivity contribution in [2.45, 2.75) is 46.2 Å². The van der Waals surface area contributed by atoms with Crippen LogP contribution in [0.5, 0.6) is 0 Å². The third-order valence-electron chi connectivity index (χ3n) is 6.09. The Morgan fingerprint density at radius 1 is 1.20 bits per heavy atom. The number of aromatic nitrogens is 2. The predicted molar refractivity (Wildman–Crippen MR) is 102 cm³/mol. The van der Waals surface area contributed by atoms with E-state index in [-0.39, 0.29) is 5.92 Å². The van der Waals surface area contributed by atoms with Crippen LogP contribution >= 0.6 is 0 Å². The van der Waals surface area contributed by atoms with Crippen molar-refractivity contribution in [2.75, 3.05) is 0 Å². The van der Waals surface area contributed by atoms with E-state index in [0.717, 1.165) is 19.5 Å². The first-order chi connectivity index (χ1) is 12.2. The van der Waals surface area contributed by atoms with Crippen LogP contribution in [0.2, 0.25) is 0 Å². The Balaban J connectivity index is 1.85.